The van der Waals surface area contributed by atoms with E-state index in [1.54, 1.807) is 60.6 Å². The lowest BCUT2D eigenvalue weighted by Gasteiger charge is -2.31. The van der Waals surface area contributed by atoms with Crippen molar-refractivity contribution in [3.05, 3.63) is 29.8 Å². The first-order valence-corrected chi connectivity index (χ1v) is 13.3. The smallest absolute Gasteiger partial charge is 0.350 e. The van der Waals surface area contributed by atoms with E-state index in [2.05, 4.69) is 0 Å². The summed E-state index contributed by atoms with van der Waals surface area (Å²) < 4.78 is 54.6. The average molecular weight is 464 g/mol. The maximum Gasteiger partial charge on any atom is 0.350 e. The van der Waals surface area contributed by atoms with Crippen molar-refractivity contribution in [2.24, 2.45) is 5.41 Å². The number of ether oxygens (including phenoxy) is 1. The standard InChI is InChI=1S/C20H34O8P2/c1-8-24-29(22,25-9-2)18(30(23,26-10-3)27-11-4)16-12-14-17(15-13-16)28-19(21)20(5,6)7/h12-15,18H,8-11H2,1-7H3. The summed E-state index contributed by atoms with van der Waals surface area (Å²) in [7, 11) is -7.84. The molecule has 8 nitrogen and oxygen atoms in total. The summed E-state index contributed by atoms with van der Waals surface area (Å²) in [6, 6.07) is 6.20. The molecule has 172 valence electrons. The Bertz CT molecular complexity index is 720. The molecule has 1 rings (SSSR count). The van der Waals surface area contributed by atoms with Crippen LogP contribution in [0.4, 0.5) is 0 Å². The first kappa shape index (κ1) is 27.0. The van der Waals surface area contributed by atoms with Gasteiger partial charge in [0, 0.05) is 0 Å². The third-order valence-electron chi connectivity index (χ3n) is 3.84. The highest BCUT2D eigenvalue weighted by molar-refractivity contribution is 7.72. The number of benzene rings is 1. The molecule has 0 unspecified atom stereocenters. The third kappa shape index (κ3) is 7.01. The summed E-state index contributed by atoms with van der Waals surface area (Å²) in [6.07, 6.45) is 0. The lowest BCUT2D eigenvalue weighted by atomic mass is 9.97. The molecule has 0 heterocycles. The van der Waals surface area contributed by atoms with Crippen molar-refractivity contribution in [1.29, 1.82) is 0 Å². The van der Waals surface area contributed by atoms with E-state index in [4.69, 9.17) is 22.8 Å². The monoisotopic (exact) mass is 464 g/mol. The third-order valence-corrected chi connectivity index (χ3v) is 9.80. The largest absolute Gasteiger partial charge is 0.426 e. The predicted octanol–water partition coefficient (Wildman–Crippen LogP) is 6.17. The molecular weight excluding hydrogens is 430 g/mol. The van der Waals surface area contributed by atoms with Gasteiger partial charge in [0.15, 0.2) is 5.40 Å². The average Bonchev–Trinajstić information content (AvgIpc) is 2.63. The van der Waals surface area contributed by atoms with Crippen LogP contribution in [0.1, 0.15) is 59.4 Å². The molecule has 0 bridgehead atoms. The molecule has 0 saturated heterocycles. The second kappa shape index (κ2) is 11.6. The predicted molar refractivity (Wildman–Crippen MR) is 116 cm³/mol. The van der Waals surface area contributed by atoms with Crippen molar-refractivity contribution in [2.45, 2.75) is 53.9 Å². The van der Waals surface area contributed by atoms with Gasteiger partial charge < -0.3 is 22.8 Å². The Balaban J connectivity index is 3.46. The SMILES string of the molecule is CCOP(=O)(OCC)C(c1ccc(OC(=O)C(C)(C)C)cc1)P(=O)(OCC)OCC. The first-order valence-electron chi connectivity index (χ1n) is 10.1. The Morgan fingerprint density at radius 3 is 1.47 bits per heavy atom. The van der Waals surface area contributed by atoms with Crippen molar-refractivity contribution in [2.75, 3.05) is 26.4 Å². The van der Waals surface area contributed by atoms with Gasteiger partial charge in [-0.3, -0.25) is 13.9 Å². The van der Waals surface area contributed by atoms with Gasteiger partial charge in [-0.05, 0) is 66.2 Å². The fourth-order valence-corrected chi connectivity index (χ4v) is 8.00. The Morgan fingerprint density at radius 1 is 0.800 bits per heavy atom. The van der Waals surface area contributed by atoms with Gasteiger partial charge in [-0.15, -0.1) is 0 Å². The van der Waals surface area contributed by atoms with Crippen LogP contribution in [-0.4, -0.2) is 32.4 Å². The van der Waals surface area contributed by atoms with Crippen LogP contribution in [0.5, 0.6) is 5.75 Å². The molecule has 0 aliphatic heterocycles. The highest BCUT2D eigenvalue weighted by Crippen LogP contribution is 2.78. The van der Waals surface area contributed by atoms with Crippen molar-refractivity contribution < 1.29 is 36.8 Å². The minimum Gasteiger partial charge on any atom is -0.426 e. The van der Waals surface area contributed by atoms with Crippen LogP contribution in [-0.2, 0) is 32.0 Å². The normalized spacial score (nSPS) is 12.9. The van der Waals surface area contributed by atoms with Crippen LogP contribution in [0.3, 0.4) is 0 Å². The van der Waals surface area contributed by atoms with Gasteiger partial charge in [-0.2, -0.15) is 0 Å². The lowest BCUT2D eigenvalue weighted by molar-refractivity contribution is -0.143. The van der Waals surface area contributed by atoms with E-state index in [9.17, 15) is 13.9 Å². The molecule has 10 heteroatoms. The van der Waals surface area contributed by atoms with Crippen LogP contribution < -0.4 is 4.74 Å². The van der Waals surface area contributed by atoms with Crippen LogP contribution in [0, 0.1) is 5.41 Å². The molecule has 0 atom stereocenters. The Morgan fingerprint density at radius 2 is 1.17 bits per heavy atom. The van der Waals surface area contributed by atoms with Gasteiger partial charge in [0.2, 0.25) is 0 Å². The molecule has 0 N–H and O–H groups in total. The second-order valence-corrected chi connectivity index (χ2v) is 12.0. The van der Waals surface area contributed by atoms with E-state index in [1.165, 1.54) is 12.1 Å². The Labute approximate surface area is 179 Å². The maximum absolute atomic E-state index is 13.6. The number of rotatable bonds is 12. The number of hydrogen-bond acceptors (Lipinski definition) is 8. The minimum atomic E-state index is -3.92. The van der Waals surface area contributed by atoms with Crippen LogP contribution in [0.2, 0.25) is 0 Å². The molecule has 0 aliphatic rings. The molecule has 0 fully saturated rings. The summed E-state index contributed by atoms with van der Waals surface area (Å²) in [5.74, 6) is -0.0851. The van der Waals surface area contributed by atoms with Crippen LogP contribution in [0.15, 0.2) is 24.3 Å². The van der Waals surface area contributed by atoms with Gasteiger partial charge in [0.05, 0.1) is 31.8 Å². The summed E-state index contributed by atoms with van der Waals surface area (Å²) in [5.41, 5.74) is -0.290. The maximum atomic E-state index is 13.6. The van der Waals surface area contributed by atoms with E-state index in [0.717, 1.165) is 0 Å². The minimum absolute atomic E-state index is 0.0906. The van der Waals surface area contributed by atoms with Crippen LogP contribution in [0.25, 0.3) is 0 Å². The fraction of sp³-hybridized carbons (Fsp3) is 0.650. The van der Waals surface area contributed by atoms with E-state index >= 15 is 0 Å². The Hall–Kier alpha value is -1.01. The fourth-order valence-electron chi connectivity index (χ4n) is 2.58. The highest BCUT2D eigenvalue weighted by Gasteiger charge is 2.51. The summed E-state index contributed by atoms with van der Waals surface area (Å²) in [4.78, 5) is 12.1. The van der Waals surface area contributed by atoms with Gasteiger partial charge >= 0.3 is 21.2 Å². The van der Waals surface area contributed by atoms with E-state index < -0.39 is 32.0 Å². The zero-order chi connectivity index (χ0) is 23.0. The van der Waals surface area contributed by atoms with E-state index in [1.807, 2.05) is 0 Å². The number of carbonyl (C=O) groups is 1. The molecule has 0 radical (unpaired) electrons. The molecular formula is C20H34O8P2. The highest BCUT2D eigenvalue weighted by atomic mass is 31.2. The Kier molecular flexibility index (Phi) is 10.4. The topological polar surface area (TPSA) is 97.4 Å². The molecule has 0 saturated carbocycles. The summed E-state index contributed by atoms with van der Waals surface area (Å²) in [5, 5.41) is -1.28. The zero-order valence-corrected chi connectivity index (χ0v) is 20.7. The van der Waals surface area contributed by atoms with E-state index in [-0.39, 0.29) is 26.4 Å². The van der Waals surface area contributed by atoms with Gasteiger partial charge in [-0.25, -0.2) is 0 Å². The molecule has 0 aliphatic carbocycles. The molecule has 0 aromatic heterocycles. The number of hydrogen-bond donors (Lipinski definition) is 0. The number of esters is 1. The second-order valence-electron chi connectivity index (χ2n) is 7.33. The van der Waals surface area contributed by atoms with Gasteiger partial charge in [-0.1, -0.05) is 12.1 Å². The molecule has 0 spiro atoms. The van der Waals surface area contributed by atoms with Crippen molar-refractivity contribution in [3.8, 4) is 5.75 Å². The summed E-state index contributed by atoms with van der Waals surface area (Å²) >= 11 is 0. The first-order chi connectivity index (χ1) is 14.0. The van der Waals surface area contributed by atoms with E-state index in [0.29, 0.717) is 11.3 Å². The lowest BCUT2D eigenvalue weighted by Crippen LogP contribution is -2.25. The quantitative estimate of drug-likeness (QED) is 0.206. The van der Waals surface area contributed by atoms with Gasteiger partial charge in [0.1, 0.15) is 5.75 Å². The molecule has 0 amide bonds. The van der Waals surface area contributed by atoms with Crippen molar-refractivity contribution in [3.63, 3.8) is 0 Å². The summed E-state index contributed by atoms with van der Waals surface area (Å²) in [6.45, 7) is 12.3. The molecule has 1 aromatic carbocycles. The zero-order valence-electron chi connectivity index (χ0n) is 18.9. The van der Waals surface area contributed by atoms with Crippen molar-refractivity contribution in [1.82, 2.24) is 0 Å². The van der Waals surface area contributed by atoms with Gasteiger partial charge in [0.25, 0.3) is 0 Å². The molecule has 1 aromatic rings. The van der Waals surface area contributed by atoms with Crippen LogP contribution >= 0.6 is 15.2 Å². The molecule has 30 heavy (non-hydrogen) atoms. The number of carbonyl (C=O) groups excluding carboxylic acids is 1. The van der Waals surface area contributed by atoms with Crippen molar-refractivity contribution >= 4 is 21.2 Å².